The molecule has 4 rings (SSSR count). The van der Waals surface area contributed by atoms with E-state index in [4.69, 9.17) is 0 Å². The summed E-state index contributed by atoms with van der Waals surface area (Å²) in [4.78, 5) is 17.3. The van der Waals surface area contributed by atoms with E-state index in [1.165, 1.54) is 10.7 Å². The normalized spacial score (nSPS) is 14.8. The molecular weight excluding hydrogens is 369 g/mol. The number of hydrogen-bond acceptors (Lipinski definition) is 4. The Bertz CT molecular complexity index is 1010. The van der Waals surface area contributed by atoms with E-state index in [0.717, 1.165) is 31.9 Å². The summed E-state index contributed by atoms with van der Waals surface area (Å²) < 4.78 is 15.5. The molecule has 0 bridgehead atoms. The molecule has 0 saturated carbocycles. The largest absolute Gasteiger partial charge is 0.369 e. The van der Waals surface area contributed by atoms with Crippen molar-refractivity contribution in [1.82, 2.24) is 14.7 Å². The first-order valence-corrected chi connectivity index (χ1v) is 9.68. The maximum Gasteiger partial charge on any atom is 0.276 e. The van der Waals surface area contributed by atoms with Crippen LogP contribution >= 0.6 is 0 Å². The number of rotatable bonds is 4. The molecule has 1 saturated heterocycles. The molecule has 1 N–H and O–H groups in total. The second kappa shape index (κ2) is 8.05. The van der Waals surface area contributed by atoms with Crippen molar-refractivity contribution >= 4 is 17.3 Å². The Labute approximate surface area is 169 Å². The summed E-state index contributed by atoms with van der Waals surface area (Å²) in [6.45, 7) is 5.87. The summed E-state index contributed by atoms with van der Waals surface area (Å²) in [6.07, 6.45) is 0. The maximum absolute atomic E-state index is 14.1. The van der Waals surface area contributed by atoms with E-state index in [-0.39, 0.29) is 17.4 Å². The highest BCUT2D eigenvalue weighted by molar-refractivity contribution is 6.03. The van der Waals surface area contributed by atoms with Gasteiger partial charge in [0.05, 0.1) is 0 Å². The van der Waals surface area contributed by atoms with Gasteiger partial charge in [0.1, 0.15) is 11.5 Å². The maximum atomic E-state index is 14.1. The number of carbonyl (C=O) groups is 1. The molecule has 7 heteroatoms. The van der Waals surface area contributed by atoms with Crippen molar-refractivity contribution in [3.63, 3.8) is 0 Å². The quantitative estimate of drug-likeness (QED) is 0.739. The average Bonchev–Trinajstić information content (AvgIpc) is 3.11. The van der Waals surface area contributed by atoms with Gasteiger partial charge in [-0.25, -0.2) is 9.07 Å². The molecule has 6 nitrogen and oxygen atoms in total. The van der Waals surface area contributed by atoms with Gasteiger partial charge in [0.15, 0.2) is 5.69 Å². The number of piperazine rings is 1. The highest BCUT2D eigenvalue weighted by Gasteiger charge is 2.17. The van der Waals surface area contributed by atoms with Crippen molar-refractivity contribution in [1.29, 1.82) is 0 Å². The zero-order valence-electron chi connectivity index (χ0n) is 16.6. The molecule has 1 aliphatic rings. The lowest BCUT2D eigenvalue weighted by Gasteiger charge is -2.34. The number of aryl methyl sites for hydroxylation is 1. The van der Waals surface area contributed by atoms with Gasteiger partial charge in [-0.3, -0.25) is 4.79 Å². The summed E-state index contributed by atoms with van der Waals surface area (Å²) in [5.74, 6) is -0.708. The third kappa shape index (κ3) is 4.14. The number of carbonyl (C=O) groups excluding carboxylic acids is 1. The molecule has 150 valence electrons. The summed E-state index contributed by atoms with van der Waals surface area (Å²) in [5, 5.41) is 7.15. The minimum absolute atomic E-state index is 0.244. The lowest BCUT2D eigenvalue weighted by atomic mass is 10.2. The fraction of sp³-hybridized carbons (Fsp3) is 0.273. The van der Waals surface area contributed by atoms with Crippen LogP contribution < -0.4 is 10.2 Å². The first-order valence-electron chi connectivity index (χ1n) is 9.68. The van der Waals surface area contributed by atoms with Gasteiger partial charge in [-0.2, -0.15) is 5.10 Å². The van der Waals surface area contributed by atoms with Gasteiger partial charge in [-0.15, -0.1) is 0 Å². The second-order valence-corrected chi connectivity index (χ2v) is 7.33. The molecule has 3 aromatic rings. The van der Waals surface area contributed by atoms with Crippen molar-refractivity contribution in [2.24, 2.45) is 0 Å². The number of nitrogens with one attached hydrogen (secondary N) is 1. The number of nitrogens with zero attached hydrogens (tertiary/aromatic N) is 4. The van der Waals surface area contributed by atoms with Gasteiger partial charge in [-0.05, 0) is 56.4 Å². The fourth-order valence-electron chi connectivity index (χ4n) is 3.47. The Balaban J connectivity index is 1.46. The Morgan fingerprint density at radius 3 is 2.41 bits per heavy atom. The molecular formula is C22H24FN5O. The number of hydrogen-bond donors (Lipinski definition) is 1. The summed E-state index contributed by atoms with van der Waals surface area (Å²) >= 11 is 0. The van der Waals surface area contributed by atoms with E-state index in [1.807, 2.05) is 24.3 Å². The van der Waals surface area contributed by atoms with Crippen molar-refractivity contribution in [2.75, 3.05) is 43.4 Å². The first-order chi connectivity index (χ1) is 14.0. The number of amides is 1. The highest BCUT2D eigenvalue weighted by atomic mass is 19.1. The lowest BCUT2D eigenvalue weighted by Crippen LogP contribution is -2.44. The average molecular weight is 393 g/mol. The second-order valence-electron chi connectivity index (χ2n) is 7.33. The molecule has 0 atom stereocenters. The van der Waals surface area contributed by atoms with Crippen LogP contribution in [0.3, 0.4) is 0 Å². The van der Waals surface area contributed by atoms with E-state index in [1.54, 1.807) is 31.2 Å². The van der Waals surface area contributed by atoms with E-state index in [2.05, 4.69) is 27.3 Å². The van der Waals surface area contributed by atoms with Gasteiger partial charge in [0.2, 0.25) is 0 Å². The highest BCUT2D eigenvalue weighted by Crippen LogP contribution is 2.20. The Morgan fingerprint density at radius 1 is 1.03 bits per heavy atom. The minimum atomic E-state index is -0.384. The van der Waals surface area contributed by atoms with E-state index >= 15 is 0 Å². The van der Waals surface area contributed by atoms with Crippen LogP contribution in [0, 0.1) is 12.7 Å². The number of likely N-dealkylation sites (N-methyl/N-ethyl adjacent to an activating group) is 1. The third-order valence-electron chi connectivity index (χ3n) is 5.19. The summed E-state index contributed by atoms with van der Waals surface area (Å²) in [7, 11) is 2.13. The van der Waals surface area contributed by atoms with Crippen LogP contribution in [0.2, 0.25) is 0 Å². The summed E-state index contributed by atoms with van der Waals surface area (Å²) in [6, 6.07) is 15.8. The zero-order chi connectivity index (χ0) is 20.4. The number of aromatic nitrogens is 2. The molecule has 0 radical (unpaired) electrons. The zero-order valence-corrected chi connectivity index (χ0v) is 16.6. The van der Waals surface area contributed by atoms with Crippen molar-refractivity contribution in [3.05, 3.63) is 71.8 Å². The number of halogens is 1. The third-order valence-corrected chi connectivity index (χ3v) is 5.19. The first kappa shape index (κ1) is 19.1. The Hall–Kier alpha value is -3.19. The van der Waals surface area contributed by atoms with Gasteiger partial charge in [0.25, 0.3) is 5.91 Å². The molecule has 2 heterocycles. The van der Waals surface area contributed by atoms with Crippen LogP contribution in [-0.2, 0) is 0 Å². The Morgan fingerprint density at radius 2 is 1.72 bits per heavy atom. The predicted octanol–water partition coefficient (Wildman–Crippen LogP) is 3.32. The van der Waals surface area contributed by atoms with Crippen LogP contribution in [0.15, 0.2) is 54.6 Å². The molecule has 29 heavy (non-hydrogen) atoms. The van der Waals surface area contributed by atoms with Gasteiger partial charge in [0, 0.05) is 43.2 Å². The summed E-state index contributed by atoms with van der Waals surface area (Å²) in [5.41, 5.74) is 3.10. The fourth-order valence-corrected chi connectivity index (χ4v) is 3.47. The predicted molar refractivity (Wildman–Crippen MR) is 112 cm³/mol. The van der Waals surface area contributed by atoms with Crippen LogP contribution in [0.4, 0.5) is 15.8 Å². The standard InChI is InChI=1S/C22H24FN5O/c1-16-15-20(25-28(16)21-6-4-3-5-19(21)23)22(29)24-17-7-9-18(10-8-17)27-13-11-26(2)12-14-27/h3-10,15H,11-14H2,1-2H3,(H,24,29). The molecule has 1 aromatic heterocycles. The molecule has 0 spiro atoms. The number of para-hydroxylation sites is 1. The van der Waals surface area contributed by atoms with Crippen LogP contribution in [0.1, 0.15) is 16.2 Å². The lowest BCUT2D eigenvalue weighted by molar-refractivity contribution is 0.102. The van der Waals surface area contributed by atoms with Crippen LogP contribution in [0.25, 0.3) is 5.69 Å². The van der Waals surface area contributed by atoms with E-state index < -0.39 is 0 Å². The molecule has 0 unspecified atom stereocenters. The van der Waals surface area contributed by atoms with Gasteiger partial charge < -0.3 is 15.1 Å². The van der Waals surface area contributed by atoms with E-state index in [9.17, 15) is 9.18 Å². The van der Waals surface area contributed by atoms with Crippen molar-refractivity contribution in [2.45, 2.75) is 6.92 Å². The van der Waals surface area contributed by atoms with Gasteiger partial charge >= 0.3 is 0 Å². The molecule has 1 fully saturated rings. The van der Waals surface area contributed by atoms with Crippen LogP contribution in [-0.4, -0.2) is 53.8 Å². The monoisotopic (exact) mass is 393 g/mol. The van der Waals surface area contributed by atoms with Crippen LogP contribution in [0.5, 0.6) is 0 Å². The smallest absolute Gasteiger partial charge is 0.276 e. The molecule has 0 aliphatic carbocycles. The molecule has 2 aromatic carbocycles. The Kier molecular flexibility index (Phi) is 5.31. The van der Waals surface area contributed by atoms with E-state index in [0.29, 0.717) is 17.1 Å². The minimum Gasteiger partial charge on any atom is -0.369 e. The number of benzene rings is 2. The van der Waals surface area contributed by atoms with Gasteiger partial charge in [-0.1, -0.05) is 12.1 Å². The number of anilines is 2. The van der Waals surface area contributed by atoms with Crippen molar-refractivity contribution in [3.8, 4) is 5.69 Å². The van der Waals surface area contributed by atoms with Crippen molar-refractivity contribution < 1.29 is 9.18 Å². The molecule has 1 aliphatic heterocycles. The topological polar surface area (TPSA) is 53.4 Å². The molecule has 1 amide bonds. The SMILES string of the molecule is Cc1cc(C(=O)Nc2ccc(N3CCN(C)CC3)cc2)nn1-c1ccccc1F.